The highest BCUT2D eigenvalue weighted by atomic mass is 35.5. The molecule has 0 aliphatic heterocycles. The van der Waals surface area contributed by atoms with Crippen LogP contribution in [0.4, 0.5) is 5.69 Å². The predicted molar refractivity (Wildman–Crippen MR) is 91.4 cm³/mol. The van der Waals surface area contributed by atoms with Crippen LogP contribution in [0, 0.1) is 5.92 Å². The van der Waals surface area contributed by atoms with Gasteiger partial charge in [-0.15, -0.1) is 0 Å². The molecule has 1 N–H and O–H groups in total. The van der Waals surface area contributed by atoms with Crippen LogP contribution in [-0.2, 0) is 9.59 Å². The molecule has 1 rings (SSSR count). The molecule has 0 fully saturated rings. The van der Waals surface area contributed by atoms with Gasteiger partial charge < -0.3 is 10.2 Å². The van der Waals surface area contributed by atoms with Crippen LogP contribution in [0.25, 0.3) is 0 Å². The van der Waals surface area contributed by atoms with Crippen molar-refractivity contribution in [2.24, 2.45) is 5.92 Å². The standard InChI is InChI=1S/C16H22Cl2N2O2/c1-4-5-11(2)8-16(22)20(3)10-15(21)19-12-6-7-13(17)14(18)9-12/h6-7,9,11H,4-5,8,10H2,1-3H3,(H,19,21). The number of nitrogens with zero attached hydrogens (tertiary/aromatic N) is 1. The monoisotopic (exact) mass is 344 g/mol. The van der Waals surface area contributed by atoms with Crippen molar-refractivity contribution in [2.45, 2.75) is 33.1 Å². The lowest BCUT2D eigenvalue weighted by atomic mass is 10.0. The summed E-state index contributed by atoms with van der Waals surface area (Å²) in [4.78, 5) is 25.4. The van der Waals surface area contributed by atoms with Crippen LogP contribution in [0.1, 0.15) is 33.1 Å². The van der Waals surface area contributed by atoms with Crippen LogP contribution < -0.4 is 5.32 Å². The Morgan fingerprint density at radius 3 is 2.55 bits per heavy atom. The number of hydrogen-bond donors (Lipinski definition) is 1. The third-order valence-electron chi connectivity index (χ3n) is 3.31. The first kappa shape index (κ1) is 18.8. The minimum Gasteiger partial charge on any atom is -0.336 e. The normalized spacial score (nSPS) is 11.9. The van der Waals surface area contributed by atoms with Gasteiger partial charge in [0.1, 0.15) is 0 Å². The maximum Gasteiger partial charge on any atom is 0.243 e. The summed E-state index contributed by atoms with van der Waals surface area (Å²) in [6.45, 7) is 4.15. The Hall–Kier alpha value is -1.26. The number of likely N-dealkylation sites (N-methyl/N-ethyl adjacent to an activating group) is 1. The van der Waals surface area contributed by atoms with E-state index in [4.69, 9.17) is 23.2 Å². The van der Waals surface area contributed by atoms with Gasteiger partial charge in [-0.3, -0.25) is 9.59 Å². The molecule has 0 aromatic heterocycles. The summed E-state index contributed by atoms with van der Waals surface area (Å²) < 4.78 is 0. The molecule has 0 saturated heterocycles. The van der Waals surface area contributed by atoms with Gasteiger partial charge >= 0.3 is 0 Å². The summed E-state index contributed by atoms with van der Waals surface area (Å²) in [5.74, 6) is 0.0423. The van der Waals surface area contributed by atoms with Crippen LogP contribution >= 0.6 is 23.2 Å². The molecule has 0 spiro atoms. The Balaban J connectivity index is 2.49. The van der Waals surface area contributed by atoms with Crippen LogP contribution in [0.2, 0.25) is 10.0 Å². The highest BCUT2D eigenvalue weighted by Gasteiger charge is 2.16. The summed E-state index contributed by atoms with van der Waals surface area (Å²) in [7, 11) is 1.63. The van der Waals surface area contributed by atoms with Gasteiger partial charge in [-0.05, 0) is 24.1 Å². The number of carbonyl (C=O) groups is 2. The molecule has 22 heavy (non-hydrogen) atoms. The largest absolute Gasteiger partial charge is 0.336 e. The number of amides is 2. The molecule has 1 unspecified atom stereocenters. The Kier molecular flexibility index (Phi) is 7.69. The summed E-state index contributed by atoms with van der Waals surface area (Å²) >= 11 is 11.7. The van der Waals surface area contributed by atoms with Crippen LogP contribution in [0.5, 0.6) is 0 Å². The van der Waals surface area contributed by atoms with Crippen LogP contribution in [0.3, 0.4) is 0 Å². The van der Waals surface area contributed by atoms with Crippen LogP contribution in [0.15, 0.2) is 18.2 Å². The second kappa shape index (κ2) is 9.01. The van der Waals surface area contributed by atoms with Crippen molar-refractivity contribution in [3.63, 3.8) is 0 Å². The maximum atomic E-state index is 12.0. The molecular formula is C16H22Cl2N2O2. The third-order valence-corrected chi connectivity index (χ3v) is 4.05. The smallest absolute Gasteiger partial charge is 0.243 e. The lowest BCUT2D eigenvalue weighted by Crippen LogP contribution is -2.35. The van der Waals surface area contributed by atoms with E-state index in [-0.39, 0.29) is 18.4 Å². The zero-order valence-electron chi connectivity index (χ0n) is 13.2. The average Bonchev–Trinajstić information content (AvgIpc) is 2.42. The number of halogens is 2. The fourth-order valence-corrected chi connectivity index (χ4v) is 2.42. The lowest BCUT2D eigenvalue weighted by molar-refractivity contribution is -0.134. The molecule has 6 heteroatoms. The van der Waals surface area contributed by atoms with Crippen molar-refractivity contribution in [3.05, 3.63) is 28.2 Å². The molecular weight excluding hydrogens is 323 g/mol. The molecule has 1 aromatic rings. The van der Waals surface area contributed by atoms with E-state index in [0.717, 1.165) is 12.8 Å². The molecule has 0 bridgehead atoms. The minimum atomic E-state index is -0.266. The van der Waals surface area contributed by atoms with E-state index in [1.165, 1.54) is 4.90 Å². The SMILES string of the molecule is CCCC(C)CC(=O)N(C)CC(=O)Nc1ccc(Cl)c(Cl)c1. The topological polar surface area (TPSA) is 49.4 Å². The van der Waals surface area contributed by atoms with Gasteiger partial charge in [0.05, 0.1) is 16.6 Å². The molecule has 122 valence electrons. The zero-order valence-corrected chi connectivity index (χ0v) is 14.7. The molecule has 0 aliphatic rings. The minimum absolute atomic E-state index is 0.0118. The number of benzene rings is 1. The number of rotatable bonds is 7. The highest BCUT2D eigenvalue weighted by Crippen LogP contribution is 2.24. The second-order valence-corrected chi connectivity index (χ2v) is 6.34. The molecule has 4 nitrogen and oxygen atoms in total. The molecule has 0 heterocycles. The lowest BCUT2D eigenvalue weighted by Gasteiger charge is -2.19. The van der Waals surface area contributed by atoms with E-state index in [2.05, 4.69) is 12.2 Å². The van der Waals surface area contributed by atoms with Gasteiger partial charge in [-0.2, -0.15) is 0 Å². The molecule has 2 amide bonds. The average molecular weight is 345 g/mol. The maximum absolute atomic E-state index is 12.0. The first-order valence-electron chi connectivity index (χ1n) is 7.32. The third kappa shape index (κ3) is 6.24. The van der Waals surface area contributed by atoms with Gasteiger partial charge in [-0.1, -0.05) is 49.9 Å². The van der Waals surface area contributed by atoms with Gasteiger partial charge in [0.2, 0.25) is 11.8 Å². The molecule has 0 saturated carbocycles. The van der Waals surface area contributed by atoms with E-state index in [1.54, 1.807) is 25.2 Å². The summed E-state index contributed by atoms with van der Waals surface area (Å²) in [6, 6.07) is 4.85. The Morgan fingerprint density at radius 1 is 1.27 bits per heavy atom. The summed E-state index contributed by atoms with van der Waals surface area (Å²) in [5.41, 5.74) is 0.555. The Morgan fingerprint density at radius 2 is 1.95 bits per heavy atom. The number of nitrogens with one attached hydrogen (secondary N) is 1. The zero-order chi connectivity index (χ0) is 16.7. The first-order chi connectivity index (χ1) is 10.3. The van der Waals surface area contributed by atoms with Crippen molar-refractivity contribution in [3.8, 4) is 0 Å². The van der Waals surface area contributed by atoms with Crippen molar-refractivity contribution >= 4 is 40.7 Å². The summed E-state index contributed by atoms with van der Waals surface area (Å²) in [5, 5.41) is 3.50. The van der Waals surface area contributed by atoms with E-state index >= 15 is 0 Å². The van der Waals surface area contributed by atoms with Gasteiger partial charge in [0, 0.05) is 19.2 Å². The van der Waals surface area contributed by atoms with E-state index in [0.29, 0.717) is 28.1 Å². The van der Waals surface area contributed by atoms with Crippen molar-refractivity contribution < 1.29 is 9.59 Å². The van der Waals surface area contributed by atoms with Gasteiger partial charge in [-0.25, -0.2) is 0 Å². The predicted octanol–water partition coefficient (Wildman–Crippen LogP) is 4.22. The molecule has 1 atom stereocenters. The molecule has 0 aliphatic carbocycles. The number of hydrogen-bond acceptors (Lipinski definition) is 2. The van der Waals surface area contributed by atoms with E-state index < -0.39 is 0 Å². The number of carbonyl (C=O) groups excluding carboxylic acids is 2. The number of anilines is 1. The highest BCUT2D eigenvalue weighted by molar-refractivity contribution is 6.42. The van der Waals surface area contributed by atoms with Crippen molar-refractivity contribution in [1.29, 1.82) is 0 Å². The Labute approximate surface area is 141 Å². The first-order valence-corrected chi connectivity index (χ1v) is 8.08. The van der Waals surface area contributed by atoms with Crippen LogP contribution in [-0.4, -0.2) is 30.3 Å². The molecule has 0 radical (unpaired) electrons. The second-order valence-electron chi connectivity index (χ2n) is 5.52. The fraction of sp³-hybridized carbons (Fsp3) is 0.500. The summed E-state index contributed by atoms with van der Waals surface area (Å²) in [6.07, 6.45) is 2.52. The van der Waals surface area contributed by atoms with Gasteiger partial charge in [0.25, 0.3) is 0 Å². The fourth-order valence-electron chi connectivity index (χ4n) is 2.13. The van der Waals surface area contributed by atoms with Gasteiger partial charge in [0.15, 0.2) is 0 Å². The quantitative estimate of drug-likeness (QED) is 0.804. The van der Waals surface area contributed by atoms with Crippen molar-refractivity contribution in [1.82, 2.24) is 4.90 Å². The molecule has 1 aromatic carbocycles. The Bertz CT molecular complexity index is 535. The van der Waals surface area contributed by atoms with E-state index in [1.807, 2.05) is 6.92 Å². The van der Waals surface area contributed by atoms with Crippen molar-refractivity contribution in [2.75, 3.05) is 18.9 Å². The van der Waals surface area contributed by atoms with E-state index in [9.17, 15) is 9.59 Å².